The molecule has 0 fully saturated rings. The average Bonchev–Trinajstić information content (AvgIpc) is 2.77. The van der Waals surface area contributed by atoms with Crippen molar-refractivity contribution in [1.29, 1.82) is 0 Å². The van der Waals surface area contributed by atoms with Crippen molar-refractivity contribution in [3.8, 4) is 5.75 Å². The van der Waals surface area contributed by atoms with Crippen molar-refractivity contribution >= 4 is 11.3 Å². The van der Waals surface area contributed by atoms with E-state index < -0.39 is 0 Å². The van der Waals surface area contributed by atoms with Gasteiger partial charge in [0.05, 0.1) is 13.2 Å². The van der Waals surface area contributed by atoms with Gasteiger partial charge in [0.2, 0.25) is 0 Å². The summed E-state index contributed by atoms with van der Waals surface area (Å²) in [6.45, 7) is 4.24. The minimum Gasteiger partial charge on any atom is -0.496 e. The molecule has 0 saturated carbocycles. The summed E-state index contributed by atoms with van der Waals surface area (Å²) in [4.78, 5) is 0. The molecule has 0 aliphatic rings. The zero-order valence-corrected chi connectivity index (χ0v) is 12.1. The molecule has 1 N–H and O–H groups in total. The Morgan fingerprint density at radius 1 is 1.17 bits per heavy atom. The van der Waals surface area contributed by atoms with Crippen LogP contribution in [0.1, 0.15) is 28.3 Å². The third kappa shape index (κ3) is 2.42. The van der Waals surface area contributed by atoms with Crippen molar-refractivity contribution in [2.24, 2.45) is 0 Å². The van der Waals surface area contributed by atoms with E-state index in [0.29, 0.717) is 0 Å². The number of ether oxygens (including phenoxy) is 1. The maximum Gasteiger partial charge on any atom is 0.121 e. The van der Waals surface area contributed by atoms with Gasteiger partial charge in [0.1, 0.15) is 5.75 Å². The van der Waals surface area contributed by atoms with Crippen molar-refractivity contribution in [1.82, 2.24) is 5.32 Å². The van der Waals surface area contributed by atoms with Crippen molar-refractivity contribution in [2.45, 2.75) is 19.9 Å². The molecule has 2 rings (SSSR count). The van der Waals surface area contributed by atoms with Crippen LogP contribution in [-0.2, 0) is 0 Å². The zero-order chi connectivity index (χ0) is 13.1. The summed E-state index contributed by atoms with van der Waals surface area (Å²) in [6, 6.07) is 6.61. The molecule has 18 heavy (non-hydrogen) atoms. The lowest BCUT2D eigenvalue weighted by molar-refractivity contribution is 0.411. The second-order valence-corrected chi connectivity index (χ2v) is 5.20. The predicted molar refractivity (Wildman–Crippen MR) is 77.7 cm³/mol. The van der Waals surface area contributed by atoms with Gasteiger partial charge in [-0.25, -0.2) is 0 Å². The lowest BCUT2D eigenvalue weighted by Crippen LogP contribution is -2.18. The van der Waals surface area contributed by atoms with E-state index in [4.69, 9.17) is 4.74 Å². The molecule has 0 bridgehead atoms. The van der Waals surface area contributed by atoms with Crippen LogP contribution in [0, 0.1) is 13.8 Å². The Hall–Kier alpha value is -1.32. The Balaban J connectivity index is 2.40. The number of aryl methyl sites for hydroxylation is 2. The van der Waals surface area contributed by atoms with Crippen LogP contribution < -0.4 is 10.1 Å². The van der Waals surface area contributed by atoms with Crippen LogP contribution in [0.5, 0.6) is 5.75 Å². The standard InChI is InChI=1S/C15H19NOS/c1-10-7-12(5-6-14(10)17-4)15(16-3)13-9-18-8-11(13)2/h5-9,15-16H,1-4H3. The molecule has 0 radical (unpaired) electrons. The molecule has 0 aliphatic heterocycles. The predicted octanol–water partition coefficient (Wildman–Crippen LogP) is 3.68. The SMILES string of the molecule is CNC(c1ccc(OC)c(C)c1)c1cscc1C. The summed E-state index contributed by atoms with van der Waals surface area (Å²) >= 11 is 1.75. The highest BCUT2D eigenvalue weighted by atomic mass is 32.1. The Morgan fingerprint density at radius 2 is 1.94 bits per heavy atom. The first-order valence-corrected chi connectivity index (χ1v) is 6.96. The number of hydrogen-bond donors (Lipinski definition) is 1. The molecule has 1 unspecified atom stereocenters. The smallest absolute Gasteiger partial charge is 0.121 e. The fourth-order valence-corrected chi connectivity index (χ4v) is 3.13. The van der Waals surface area contributed by atoms with Crippen molar-refractivity contribution in [3.05, 3.63) is 51.2 Å². The highest BCUT2D eigenvalue weighted by Gasteiger charge is 2.15. The number of nitrogens with one attached hydrogen (secondary N) is 1. The maximum atomic E-state index is 5.31. The fourth-order valence-electron chi connectivity index (χ4n) is 2.25. The summed E-state index contributed by atoms with van der Waals surface area (Å²) in [5.41, 5.74) is 5.14. The normalized spacial score (nSPS) is 12.4. The minimum absolute atomic E-state index is 0.251. The van der Waals surface area contributed by atoms with Crippen LogP contribution in [0.4, 0.5) is 0 Å². The van der Waals surface area contributed by atoms with Crippen LogP contribution in [-0.4, -0.2) is 14.2 Å². The van der Waals surface area contributed by atoms with Crippen LogP contribution in [0.3, 0.4) is 0 Å². The van der Waals surface area contributed by atoms with Gasteiger partial charge in [-0.1, -0.05) is 12.1 Å². The summed E-state index contributed by atoms with van der Waals surface area (Å²) in [5.74, 6) is 0.940. The van der Waals surface area contributed by atoms with Gasteiger partial charge >= 0.3 is 0 Å². The number of hydrogen-bond acceptors (Lipinski definition) is 3. The van der Waals surface area contributed by atoms with E-state index in [0.717, 1.165) is 5.75 Å². The van der Waals surface area contributed by atoms with Crippen LogP contribution >= 0.6 is 11.3 Å². The third-order valence-electron chi connectivity index (χ3n) is 3.25. The molecule has 0 amide bonds. The first-order valence-electron chi connectivity index (χ1n) is 6.02. The molecule has 0 aliphatic carbocycles. The fraction of sp³-hybridized carbons (Fsp3) is 0.333. The van der Waals surface area contributed by atoms with E-state index in [9.17, 15) is 0 Å². The van der Waals surface area contributed by atoms with E-state index in [1.54, 1.807) is 18.4 Å². The Labute approximate surface area is 113 Å². The molecule has 1 aromatic heterocycles. The van der Waals surface area contributed by atoms with Gasteiger partial charge in [-0.2, -0.15) is 11.3 Å². The molecule has 96 valence electrons. The average molecular weight is 261 g/mol. The van der Waals surface area contributed by atoms with E-state index >= 15 is 0 Å². The van der Waals surface area contributed by atoms with Gasteiger partial charge in [0.15, 0.2) is 0 Å². The first-order chi connectivity index (χ1) is 8.67. The second kappa shape index (κ2) is 5.55. The van der Waals surface area contributed by atoms with Gasteiger partial charge in [-0.15, -0.1) is 0 Å². The third-order valence-corrected chi connectivity index (χ3v) is 4.13. The molecule has 2 aromatic rings. The first kappa shape index (κ1) is 13.1. The van der Waals surface area contributed by atoms with Crippen LogP contribution in [0.2, 0.25) is 0 Å². The molecule has 1 heterocycles. The molecule has 2 nitrogen and oxygen atoms in total. The molecule has 0 saturated heterocycles. The zero-order valence-electron chi connectivity index (χ0n) is 11.3. The van der Waals surface area contributed by atoms with E-state index in [2.05, 4.69) is 42.1 Å². The lowest BCUT2D eigenvalue weighted by Gasteiger charge is -2.18. The Kier molecular flexibility index (Phi) is 4.04. The molecule has 0 spiro atoms. The van der Waals surface area contributed by atoms with Crippen molar-refractivity contribution in [3.63, 3.8) is 0 Å². The van der Waals surface area contributed by atoms with Crippen LogP contribution in [0.15, 0.2) is 29.0 Å². The number of benzene rings is 1. The minimum atomic E-state index is 0.251. The molecule has 1 atom stereocenters. The van der Waals surface area contributed by atoms with E-state index in [1.807, 2.05) is 13.1 Å². The molecule has 1 aromatic carbocycles. The number of rotatable bonds is 4. The summed E-state index contributed by atoms with van der Waals surface area (Å²) < 4.78 is 5.31. The molecular weight excluding hydrogens is 242 g/mol. The number of methoxy groups -OCH3 is 1. The quantitative estimate of drug-likeness (QED) is 0.906. The van der Waals surface area contributed by atoms with E-state index in [-0.39, 0.29) is 6.04 Å². The largest absolute Gasteiger partial charge is 0.496 e. The topological polar surface area (TPSA) is 21.3 Å². The highest BCUT2D eigenvalue weighted by Crippen LogP contribution is 2.30. The highest BCUT2D eigenvalue weighted by molar-refractivity contribution is 7.08. The van der Waals surface area contributed by atoms with Gasteiger partial charge in [0, 0.05) is 0 Å². The lowest BCUT2D eigenvalue weighted by atomic mass is 9.97. The van der Waals surface area contributed by atoms with Gasteiger partial charge in [-0.05, 0) is 60.0 Å². The van der Waals surface area contributed by atoms with E-state index in [1.165, 1.54) is 22.3 Å². The maximum absolute atomic E-state index is 5.31. The van der Waals surface area contributed by atoms with Crippen molar-refractivity contribution < 1.29 is 4.74 Å². The summed E-state index contributed by atoms with van der Waals surface area (Å²) in [6.07, 6.45) is 0. The van der Waals surface area contributed by atoms with Gasteiger partial charge in [0.25, 0.3) is 0 Å². The number of thiophene rings is 1. The van der Waals surface area contributed by atoms with Gasteiger partial charge in [-0.3, -0.25) is 0 Å². The molecule has 3 heteroatoms. The summed E-state index contributed by atoms with van der Waals surface area (Å²) in [7, 11) is 3.71. The van der Waals surface area contributed by atoms with Crippen LogP contribution in [0.25, 0.3) is 0 Å². The van der Waals surface area contributed by atoms with Crippen molar-refractivity contribution in [2.75, 3.05) is 14.2 Å². The Bertz CT molecular complexity index is 533. The second-order valence-electron chi connectivity index (χ2n) is 4.46. The molecular formula is C15H19NOS. The summed E-state index contributed by atoms with van der Waals surface area (Å²) in [5, 5.41) is 7.80. The van der Waals surface area contributed by atoms with Gasteiger partial charge < -0.3 is 10.1 Å². The monoisotopic (exact) mass is 261 g/mol. The Morgan fingerprint density at radius 3 is 2.44 bits per heavy atom.